The van der Waals surface area contributed by atoms with E-state index >= 15 is 0 Å². The number of carbonyl (C=O) groups is 1. The fraction of sp³-hybridized carbons (Fsp3) is 0.278. The Morgan fingerprint density at radius 1 is 1.17 bits per heavy atom. The Labute approximate surface area is 150 Å². The quantitative estimate of drug-likeness (QED) is 0.570. The molecule has 122 valence electrons. The van der Waals surface area contributed by atoms with Gasteiger partial charge in [0.1, 0.15) is 0 Å². The molecule has 0 saturated heterocycles. The summed E-state index contributed by atoms with van der Waals surface area (Å²) in [7, 11) is 0. The van der Waals surface area contributed by atoms with E-state index in [1.165, 1.54) is 5.56 Å². The number of benzene rings is 2. The second-order valence-corrected chi connectivity index (χ2v) is 6.61. The number of hydrogen-bond acceptors (Lipinski definition) is 3. The van der Waals surface area contributed by atoms with Gasteiger partial charge in [0.15, 0.2) is 0 Å². The van der Waals surface area contributed by atoms with Gasteiger partial charge < -0.3 is 16.2 Å². The van der Waals surface area contributed by atoms with Crippen LogP contribution in [0.2, 0.25) is 0 Å². The number of aliphatic hydroxyl groups excluding tert-OH is 1. The molecule has 0 fully saturated rings. The Bertz CT molecular complexity index is 647. The van der Waals surface area contributed by atoms with Crippen molar-refractivity contribution < 1.29 is 9.90 Å². The third-order valence-corrected chi connectivity index (χ3v) is 4.55. The lowest BCUT2D eigenvalue weighted by Gasteiger charge is -2.14. The van der Waals surface area contributed by atoms with E-state index in [9.17, 15) is 9.90 Å². The van der Waals surface area contributed by atoms with Crippen LogP contribution in [0.1, 0.15) is 27.9 Å². The first-order valence-corrected chi connectivity index (χ1v) is 8.65. The number of halogens is 1. The minimum absolute atomic E-state index is 0.420. The Morgan fingerprint density at radius 2 is 1.91 bits per heavy atom. The molecule has 0 bridgehead atoms. The van der Waals surface area contributed by atoms with Gasteiger partial charge in [-0.25, -0.2) is 0 Å². The summed E-state index contributed by atoms with van der Waals surface area (Å²) in [5.41, 5.74) is 8.08. The van der Waals surface area contributed by atoms with Crippen molar-refractivity contribution in [3.63, 3.8) is 0 Å². The van der Waals surface area contributed by atoms with Gasteiger partial charge in [0.25, 0.3) is 0 Å². The van der Waals surface area contributed by atoms with Gasteiger partial charge in [0.2, 0.25) is 5.91 Å². The van der Waals surface area contributed by atoms with Crippen molar-refractivity contribution in [1.29, 1.82) is 0 Å². The lowest BCUT2D eigenvalue weighted by atomic mass is 10.1. The van der Waals surface area contributed by atoms with E-state index in [1.807, 2.05) is 36.4 Å². The highest BCUT2D eigenvalue weighted by Gasteiger charge is 2.12. The summed E-state index contributed by atoms with van der Waals surface area (Å²) in [6.07, 6.45) is 1.13. The molecule has 0 aliphatic rings. The molecular weight excluding hydrogens is 403 g/mol. The van der Waals surface area contributed by atoms with Crippen LogP contribution in [0.3, 0.4) is 0 Å². The molecule has 1 amide bonds. The summed E-state index contributed by atoms with van der Waals surface area (Å²) in [5, 5.41) is 13.3. The predicted molar refractivity (Wildman–Crippen MR) is 100 cm³/mol. The lowest BCUT2D eigenvalue weighted by molar-refractivity contribution is 0.0998. The van der Waals surface area contributed by atoms with Crippen molar-refractivity contribution in [2.45, 2.75) is 25.5 Å². The fourth-order valence-electron chi connectivity index (χ4n) is 2.45. The molecule has 2 rings (SSSR count). The van der Waals surface area contributed by atoms with Gasteiger partial charge in [-0.1, -0.05) is 42.5 Å². The molecule has 5 heteroatoms. The van der Waals surface area contributed by atoms with Gasteiger partial charge >= 0.3 is 0 Å². The number of primary amides is 1. The molecule has 0 aromatic heterocycles. The first kappa shape index (κ1) is 17.9. The molecule has 0 spiro atoms. The summed E-state index contributed by atoms with van der Waals surface area (Å²) in [6.45, 7) is 0.994. The van der Waals surface area contributed by atoms with Crippen molar-refractivity contribution in [3.05, 3.63) is 68.8 Å². The van der Waals surface area contributed by atoms with Crippen LogP contribution >= 0.6 is 22.6 Å². The molecule has 4 nitrogen and oxygen atoms in total. The van der Waals surface area contributed by atoms with E-state index in [2.05, 4.69) is 40.0 Å². The first-order chi connectivity index (χ1) is 11.1. The standard InChI is InChI=1S/C18H21IN2O2/c19-16-8-4-7-14(17(16)18(20)23)11-21-12-15(22)10-9-13-5-2-1-3-6-13/h1-8,15,21-22H,9-12H2,(H2,20,23)/t15-/m1/s1. The van der Waals surface area contributed by atoms with E-state index in [0.29, 0.717) is 25.1 Å². The van der Waals surface area contributed by atoms with Crippen LogP contribution in [0.25, 0.3) is 0 Å². The molecule has 1 atom stereocenters. The zero-order chi connectivity index (χ0) is 16.7. The number of amides is 1. The number of aryl methyl sites for hydroxylation is 1. The highest BCUT2D eigenvalue weighted by Crippen LogP contribution is 2.16. The fourth-order valence-corrected chi connectivity index (χ4v) is 3.27. The number of nitrogens with two attached hydrogens (primary N) is 1. The number of nitrogens with one attached hydrogen (secondary N) is 1. The van der Waals surface area contributed by atoms with Crippen LogP contribution in [-0.4, -0.2) is 23.7 Å². The molecule has 0 radical (unpaired) electrons. The van der Waals surface area contributed by atoms with Gasteiger partial charge in [-0.15, -0.1) is 0 Å². The first-order valence-electron chi connectivity index (χ1n) is 7.58. The summed E-state index contributed by atoms with van der Waals surface area (Å²) in [6, 6.07) is 15.8. The Kier molecular flexibility index (Phi) is 7.01. The second-order valence-electron chi connectivity index (χ2n) is 5.45. The lowest BCUT2D eigenvalue weighted by Crippen LogP contribution is -2.28. The van der Waals surface area contributed by atoms with Gasteiger partial charge in [-0.2, -0.15) is 0 Å². The average Bonchev–Trinajstić information content (AvgIpc) is 2.53. The topological polar surface area (TPSA) is 75.4 Å². The van der Waals surface area contributed by atoms with Crippen LogP contribution < -0.4 is 11.1 Å². The van der Waals surface area contributed by atoms with Crippen molar-refractivity contribution >= 4 is 28.5 Å². The van der Waals surface area contributed by atoms with E-state index in [0.717, 1.165) is 15.6 Å². The predicted octanol–water partition coefficient (Wildman–Crippen LogP) is 2.47. The molecule has 4 N–H and O–H groups in total. The average molecular weight is 424 g/mol. The minimum Gasteiger partial charge on any atom is -0.392 e. The number of carbonyl (C=O) groups excluding carboxylic acids is 1. The third-order valence-electron chi connectivity index (χ3n) is 3.65. The zero-order valence-electron chi connectivity index (χ0n) is 12.8. The van der Waals surface area contributed by atoms with Crippen LogP contribution in [0, 0.1) is 3.57 Å². The van der Waals surface area contributed by atoms with Gasteiger partial charge in [0, 0.05) is 16.7 Å². The second kappa shape index (κ2) is 9.00. The molecule has 0 heterocycles. The summed E-state index contributed by atoms with van der Waals surface area (Å²) in [5.74, 6) is -0.420. The molecule has 2 aromatic carbocycles. The van der Waals surface area contributed by atoms with E-state index < -0.39 is 12.0 Å². The monoisotopic (exact) mass is 424 g/mol. The van der Waals surface area contributed by atoms with E-state index in [1.54, 1.807) is 0 Å². The van der Waals surface area contributed by atoms with Crippen LogP contribution in [0.15, 0.2) is 48.5 Å². The molecule has 0 saturated carbocycles. The Balaban J connectivity index is 1.81. The molecule has 0 aliphatic heterocycles. The smallest absolute Gasteiger partial charge is 0.250 e. The Hall–Kier alpha value is -1.44. The zero-order valence-corrected chi connectivity index (χ0v) is 15.0. The van der Waals surface area contributed by atoms with Crippen LogP contribution in [0.4, 0.5) is 0 Å². The SMILES string of the molecule is NC(=O)c1c(I)cccc1CNC[C@H](O)CCc1ccccc1. The highest BCUT2D eigenvalue weighted by atomic mass is 127. The third kappa shape index (κ3) is 5.60. The normalized spacial score (nSPS) is 12.1. The van der Waals surface area contributed by atoms with Crippen molar-refractivity contribution in [1.82, 2.24) is 5.32 Å². The van der Waals surface area contributed by atoms with Crippen molar-refractivity contribution in [3.8, 4) is 0 Å². The number of aliphatic hydroxyl groups is 1. The molecular formula is C18H21IN2O2. The molecule has 23 heavy (non-hydrogen) atoms. The van der Waals surface area contributed by atoms with E-state index in [4.69, 9.17) is 5.73 Å². The van der Waals surface area contributed by atoms with Crippen LogP contribution in [0.5, 0.6) is 0 Å². The van der Waals surface area contributed by atoms with E-state index in [-0.39, 0.29) is 0 Å². The van der Waals surface area contributed by atoms with Crippen molar-refractivity contribution in [2.24, 2.45) is 5.73 Å². The highest BCUT2D eigenvalue weighted by molar-refractivity contribution is 14.1. The van der Waals surface area contributed by atoms with Crippen molar-refractivity contribution in [2.75, 3.05) is 6.54 Å². The molecule has 0 aliphatic carbocycles. The maximum atomic E-state index is 11.5. The maximum absolute atomic E-state index is 11.5. The number of rotatable bonds is 8. The summed E-state index contributed by atoms with van der Waals surface area (Å²) < 4.78 is 0.846. The minimum atomic E-state index is -0.421. The van der Waals surface area contributed by atoms with Gasteiger partial charge in [-0.3, -0.25) is 4.79 Å². The van der Waals surface area contributed by atoms with Crippen LogP contribution in [-0.2, 0) is 13.0 Å². The molecule has 2 aromatic rings. The van der Waals surface area contributed by atoms with Gasteiger partial charge in [0.05, 0.1) is 11.7 Å². The molecule has 0 unspecified atom stereocenters. The maximum Gasteiger partial charge on any atom is 0.250 e. The summed E-state index contributed by atoms with van der Waals surface area (Å²) >= 11 is 2.11. The summed E-state index contributed by atoms with van der Waals surface area (Å²) in [4.78, 5) is 11.5. The Morgan fingerprint density at radius 3 is 2.61 bits per heavy atom. The largest absolute Gasteiger partial charge is 0.392 e. The number of hydrogen-bond donors (Lipinski definition) is 3. The van der Waals surface area contributed by atoms with Gasteiger partial charge in [-0.05, 0) is 52.6 Å².